The quantitative estimate of drug-likeness (QED) is 0.279. The number of hydrogen-bond acceptors (Lipinski definition) is 5. The zero-order valence-corrected chi connectivity index (χ0v) is 20.3. The van der Waals surface area contributed by atoms with E-state index in [0.717, 1.165) is 33.8 Å². The van der Waals surface area contributed by atoms with Gasteiger partial charge in [-0.15, -0.1) is 0 Å². The summed E-state index contributed by atoms with van der Waals surface area (Å²) in [5.74, 6) is -0.357. The zero-order chi connectivity index (χ0) is 25.8. The van der Waals surface area contributed by atoms with Crippen molar-refractivity contribution < 1.29 is 9.59 Å². The minimum Gasteiger partial charge on any atom is -0.345 e. The number of benzene rings is 1. The first-order valence-electron chi connectivity index (χ1n) is 11.9. The fraction of sp³-hybridized carbons (Fsp3) is 0.138. The molecule has 4 aromatic rings. The van der Waals surface area contributed by atoms with Crippen LogP contribution in [0.3, 0.4) is 0 Å². The molecule has 8 heteroatoms. The average Bonchev–Trinajstić information content (AvgIpc) is 3.52. The topological polar surface area (TPSA) is 110 Å². The van der Waals surface area contributed by atoms with Gasteiger partial charge < -0.3 is 14.9 Å². The van der Waals surface area contributed by atoms with Crippen molar-refractivity contribution in [2.45, 2.75) is 26.3 Å². The fourth-order valence-corrected chi connectivity index (χ4v) is 4.19. The number of rotatable bonds is 8. The highest BCUT2D eigenvalue weighted by Crippen LogP contribution is 2.33. The number of ketones is 1. The van der Waals surface area contributed by atoms with Gasteiger partial charge in [-0.2, -0.15) is 0 Å². The van der Waals surface area contributed by atoms with Gasteiger partial charge in [-0.1, -0.05) is 30.4 Å². The van der Waals surface area contributed by atoms with Crippen LogP contribution >= 0.6 is 0 Å². The predicted molar refractivity (Wildman–Crippen MR) is 143 cm³/mol. The van der Waals surface area contributed by atoms with Crippen molar-refractivity contribution in [1.29, 1.82) is 0 Å². The Morgan fingerprint density at radius 1 is 1.11 bits per heavy atom. The molecule has 0 saturated carbocycles. The molecule has 1 amide bonds. The van der Waals surface area contributed by atoms with Crippen LogP contribution < -0.4 is 10.9 Å². The molecular weight excluding hydrogens is 466 g/mol. The van der Waals surface area contributed by atoms with Crippen LogP contribution in [0.4, 0.5) is 5.69 Å². The first-order valence-corrected chi connectivity index (χ1v) is 11.9. The summed E-state index contributed by atoms with van der Waals surface area (Å²) in [6.07, 6.45) is 12.9. The molecule has 0 fully saturated rings. The monoisotopic (exact) mass is 491 g/mol. The van der Waals surface area contributed by atoms with Crippen LogP contribution in [-0.2, 0) is 11.3 Å². The first kappa shape index (κ1) is 23.9. The molecular formula is C29H25N5O3. The summed E-state index contributed by atoms with van der Waals surface area (Å²) in [6.45, 7) is 2.27. The molecule has 0 atom stereocenters. The predicted octanol–water partition coefficient (Wildman–Crippen LogP) is 4.49. The van der Waals surface area contributed by atoms with E-state index in [0.29, 0.717) is 18.5 Å². The lowest BCUT2D eigenvalue weighted by molar-refractivity contribution is -0.110. The lowest BCUT2D eigenvalue weighted by Crippen LogP contribution is -2.26. The summed E-state index contributed by atoms with van der Waals surface area (Å²) in [5.41, 5.74) is 5.49. The minimum absolute atomic E-state index is 0.163. The molecule has 184 valence electrons. The van der Waals surface area contributed by atoms with Gasteiger partial charge in [0.25, 0.3) is 11.5 Å². The Morgan fingerprint density at radius 3 is 2.78 bits per heavy atom. The third-order valence-electron chi connectivity index (χ3n) is 6.14. The van der Waals surface area contributed by atoms with E-state index >= 15 is 0 Å². The molecule has 2 N–H and O–H groups in total. The van der Waals surface area contributed by atoms with Crippen LogP contribution in [0.25, 0.3) is 17.7 Å². The summed E-state index contributed by atoms with van der Waals surface area (Å²) in [4.78, 5) is 49.2. The Kier molecular flexibility index (Phi) is 6.72. The molecule has 1 aliphatic heterocycles. The van der Waals surface area contributed by atoms with Crippen LogP contribution in [0, 0.1) is 6.92 Å². The molecule has 8 nitrogen and oxygen atoms in total. The number of aryl methyl sites for hydroxylation is 1. The first-order chi connectivity index (χ1) is 18.0. The number of nitrogens with zero attached hydrogens (tertiary/aromatic N) is 3. The number of aromatic amines is 1. The maximum atomic E-state index is 12.9. The second kappa shape index (κ2) is 10.4. The number of allylic oxidation sites excluding steroid dienone is 1. The van der Waals surface area contributed by atoms with Gasteiger partial charge in [-0.25, -0.2) is 4.98 Å². The van der Waals surface area contributed by atoms with Gasteiger partial charge in [0.2, 0.25) is 0 Å². The van der Waals surface area contributed by atoms with Crippen LogP contribution in [0.15, 0.2) is 78.3 Å². The Bertz CT molecular complexity index is 1580. The standard InChI is InChI=1S/C29H25N5O3/c1-19-8-9-21(15-31-19)17-34-12-4-6-24(29(34)37)27(35)7-3-2-5-20-10-11-23-25(14-22-16-30-18-32-22)28(36)33-26(23)13-20/h2,4-6,8-16,18H,3,7,17H2,1H3,(H,30,32)(H,33,36)/b5-2+,25-14-. The van der Waals surface area contributed by atoms with Crippen LogP contribution in [0.2, 0.25) is 0 Å². The Morgan fingerprint density at radius 2 is 2.00 bits per heavy atom. The number of imidazole rings is 1. The van der Waals surface area contributed by atoms with Crippen molar-refractivity contribution in [3.63, 3.8) is 0 Å². The summed E-state index contributed by atoms with van der Waals surface area (Å²) >= 11 is 0. The second-order valence-electron chi connectivity index (χ2n) is 8.85. The van der Waals surface area contributed by atoms with Crippen LogP contribution in [-0.4, -0.2) is 31.2 Å². The molecule has 1 aliphatic rings. The van der Waals surface area contributed by atoms with Gasteiger partial charge in [0.15, 0.2) is 5.78 Å². The van der Waals surface area contributed by atoms with Crippen molar-refractivity contribution in [3.05, 3.63) is 117 Å². The summed E-state index contributed by atoms with van der Waals surface area (Å²) in [7, 11) is 0. The maximum absolute atomic E-state index is 12.9. The summed E-state index contributed by atoms with van der Waals surface area (Å²) < 4.78 is 1.53. The van der Waals surface area contributed by atoms with Crippen LogP contribution in [0.5, 0.6) is 0 Å². The van der Waals surface area contributed by atoms with Gasteiger partial charge in [-0.3, -0.25) is 19.4 Å². The van der Waals surface area contributed by atoms with E-state index in [4.69, 9.17) is 0 Å². The van der Waals surface area contributed by atoms with Crippen LogP contribution in [0.1, 0.15) is 51.3 Å². The average molecular weight is 492 g/mol. The fourth-order valence-electron chi connectivity index (χ4n) is 4.19. The molecule has 0 unspecified atom stereocenters. The van der Waals surface area contributed by atoms with Gasteiger partial charge in [-0.05, 0) is 54.8 Å². The summed E-state index contributed by atoms with van der Waals surface area (Å²) in [5, 5.41) is 2.89. The molecule has 1 aromatic carbocycles. The number of nitrogens with one attached hydrogen (secondary N) is 2. The highest BCUT2D eigenvalue weighted by atomic mass is 16.2. The van der Waals surface area contributed by atoms with Crippen molar-refractivity contribution in [2.75, 3.05) is 5.32 Å². The molecule has 0 spiro atoms. The van der Waals surface area contributed by atoms with E-state index in [9.17, 15) is 14.4 Å². The number of anilines is 1. The Labute approximate surface area is 213 Å². The Hall–Kier alpha value is -4.85. The normalized spacial score (nSPS) is 13.8. The van der Waals surface area contributed by atoms with E-state index in [-0.39, 0.29) is 29.2 Å². The Balaban J connectivity index is 1.22. The van der Waals surface area contributed by atoms with E-state index in [1.165, 1.54) is 4.57 Å². The highest BCUT2D eigenvalue weighted by molar-refractivity contribution is 6.34. The van der Waals surface area contributed by atoms with Gasteiger partial charge in [0, 0.05) is 35.8 Å². The number of carbonyl (C=O) groups excluding carboxylic acids is 2. The molecule has 0 radical (unpaired) electrons. The minimum atomic E-state index is -0.301. The van der Waals surface area contributed by atoms with E-state index in [2.05, 4.69) is 20.3 Å². The van der Waals surface area contributed by atoms with Gasteiger partial charge in [0.1, 0.15) is 0 Å². The molecule has 4 heterocycles. The maximum Gasteiger partial charge on any atom is 0.261 e. The zero-order valence-electron chi connectivity index (χ0n) is 20.3. The number of carbonyl (C=O) groups is 2. The lowest BCUT2D eigenvalue weighted by Gasteiger charge is -2.08. The van der Waals surface area contributed by atoms with Crippen molar-refractivity contribution in [1.82, 2.24) is 19.5 Å². The molecule has 5 rings (SSSR count). The number of amides is 1. The van der Waals surface area contributed by atoms with Crippen molar-refractivity contribution >= 4 is 35.1 Å². The van der Waals surface area contributed by atoms with Crippen molar-refractivity contribution in [3.8, 4) is 0 Å². The van der Waals surface area contributed by atoms with E-state index in [1.54, 1.807) is 43.1 Å². The lowest BCUT2D eigenvalue weighted by atomic mass is 10.0. The SMILES string of the molecule is Cc1ccc(Cn2cccc(C(=O)CC/C=C/c3ccc4c(c3)NC(=O)/C4=C\c3cnc[nH]3)c2=O)cn1. The number of aromatic nitrogens is 4. The summed E-state index contributed by atoms with van der Waals surface area (Å²) in [6, 6.07) is 12.8. The number of hydrogen-bond donors (Lipinski definition) is 2. The molecule has 37 heavy (non-hydrogen) atoms. The van der Waals surface area contributed by atoms with Gasteiger partial charge >= 0.3 is 0 Å². The number of pyridine rings is 2. The number of fused-ring (bicyclic) bond motifs is 1. The van der Waals surface area contributed by atoms with Gasteiger partial charge in [0.05, 0.1) is 35.9 Å². The van der Waals surface area contributed by atoms with Crippen molar-refractivity contribution in [2.24, 2.45) is 0 Å². The second-order valence-corrected chi connectivity index (χ2v) is 8.85. The third kappa shape index (κ3) is 5.38. The van der Waals surface area contributed by atoms with E-state index in [1.807, 2.05) is 49.4 Å². The smallest absolute Gasteiger partial charge is 0.261 e. The molecule has 0 saturated heterocycles. The number of Topliss-reactive ketones (excluding diaryl/α,β-unsaturated/α-hetero) is 1. The largest absolute Gasteiger partial charge is 0.345 e. The molecule has 0 aliphatic carbocycles. The van der Waals surface area contributed by atoms with E-state index < -0.39 is 0 Å². The highest BCUT2D eigenvalue weighted by Gasteiger charge is 2.24. The molecule has 3 aromatic heterocycles. The third-order valence-corrected chi connectivity index (χ3v) is 6.14. The number of H-pyrrole nitrogens is 1. The molecule has 0 bridgehead atoms.